The highest BCUT2D eigenvalue weighted by Gasteiger charge is 2.43. The van der Waals surface area contributed by atoms with Crippen molar-refractivity contribution in [1.82, 2.24) is 0 Å². The minimum absolute atomic E-state index is 0.203. The van der Waals surface area contributed by atoms with E-state index in [2.05, 4.69) is 23.2 Å². The summed E-state index contributed by atoms with van der Waals surface area (Å²) in [7, 11) is 0. The van der Waals surface area contributed by atoms with Crippen molar-refractivity contribution in [3.05, 3.63) is 108 Å². The van der Waals surface area contributed by atoms with Gasteiger partial charge in [-0.2, -0.15) is 15.5 Å². The van der Waals surface area contributed by atoms with E-state index in [1.807, 2.05) is 55.5 Å². The number of nitriles is 1. The maximum absolute atomic E-state index is 13.1. The molecule has 0 spiro atoms. The second kappa shape index (κ2) is 16.4. The van der Waals surface area contributed by atoms with Crippen molar-refractivity contribution in [2.45, 2.75) is 53.9 Å². The molecule has 0 amide bonds. The third-order valence-electron chi connectivity index (χ3n) is 8.15. The highest BCUT2D eigenvalue weighted by atomic mass is 16.7. The molecule has 9 nitrogen and oxygen atoms in total. The summed E-state index contributed by atoms with van der Waals surface area (Å²) in [6.07, 6.45) is 1.62. The van der Waals surface area contributed by atoms with Gasteiger partial charge in [0, 0.05) is 0 Å². The molecule has 0 saturated heterocycles. The lowest BCUT2D eigenvalue weighted by Crippen LogP contribution is -2.39. The first-order valence-corrected chi connectivity index (χ1v) is 15.9. The van der Waals surface area contributed by atoms with Crippen LogP contribution in [0.5, 0.6) is 11.5 Å². The predicted octanol–water partition coefficient (Wildman–Crippen LogP) is 9.49. The third kappa shape index (κ3) is 9.76. The summed E-state index contributed by atoms with van der Waals surface area (Å²) in [6, 6.07) is 31.7. The molecule has 0 N–H and O–H groups in total. The Morgan fingerprint density at radius 3 is 1.60 bits per heavy atom. The average molecular weight is 648 g/mol. The molecule has 0 aliphatic rings. The zero-order valence-corrected chi connectivity index (χ0v) is 28.1. The fraction of sp³-hybridized carbons (Fsp3) is 0.308. The Balaban J connectivity index is 1.22. The Bertz CT molecular complexity index is 1730. The van der Waals surface area contributed by atoms with E-state index in [4.69, 9.17) is 24.2 Å². The van der Waals surface area contributed by atoms with Crippen molar-refractivity contribution in [3.63, 3.8) is 0 Å². The molecule has 0 fully saturated rings. The van der Waals surface area contributed by atoms with Gasteiger partial charge in [-0.3, -0.25) is 9.59 Å². The Morgan fingerprint density at radius 2 is 1.12 bits per heavy atom. The van der Waals surface area contributed by atoms with E-state index in [0.717, 1.165) is 23.2 Å². The summed E-state index contributed by atoms with van der Waals surface area (Å²) in [4.78, 5) is 26.2. The molecule has 0 aromatic heterocycles. The van der Waals surface area contributed by atoms with E-state index in [1.165, 1.54) is 5.56 Å². The summed E-state index contributed by atoms with van der Waals surface area (Å²) in [5.74, 6) is 0.0938. The van der Waals surface area contributed by atoms with Crippen molar-refractivity contribution in [1.29, 1.82) is 5.26 Å². The van der Waals surface area contributed by atoms with E-state index in [-0.39, 0.29) is 20.0 Å². The van der Waals surface area contributed by atoms with Crippen LogP contribution in [0, 0.1) is 22.2 Å². The SMILES string of the molecule is CCc1ccc(N=Nc2ccc(OCOC(=O)C(C)(C)CC(C)(CC)C(=O)OCOc3ccc(-c4ccc(C#N)cc4)cc3)cc2)cc1. The third-order valence-corrected chi connectivity index (χ3v) is 8.15. The maximum atomic E-state index is 13.1. The largest absolute Gasteiger partial charge is 0.457 e. The van der Waals surface area contributed by atoms with Crippen LogP contribution in [0.2, 0.25) is 0 Å². The Kier molecular flexibility index (Phi) is 12.1. The van der Waals surface area contributed by atoms with Gasteiger partial charge in [0.2, 0.25) is 13.6 Å². The van der Waals surface area contributed by atoms with E-state index < -0.39 is 22.8 Å². The molecule has 0 bridgehead atoms. The van der Waals surface area contributed by atoms with Gasteiger partial charge >= 0.3 is 11.9 Å². The molecule has 0 saturated carbocycles. The standard InChI is InChI=1S/C39H41N3O6/c1-6-28-10-16-32(17-11-28)41-42-33-18-22-35(23-19-33)45-26-47-36(43)38(3,4)25-39(5,7-2)37(44)48-27-46-34-20-14-31(15-21-34)30-12-8-29(24-40)9-13-30/h8-23H,6-7,25-27H2,1-5H3. The molecule has 248 valence electrons. The molecule has 4 aromatic rings. The predicted molar refractivity (Wildman–Crippen MR) is 183 cm³/mol. The second-order valence-corrected chi connectivity index (χ2v) is 12.3. The monoisotopic (exact) mass is 647 g/mol. The van der Waals surface area contributed by atoms with Gasteiger partial charge in [0.15, 0.2) is 0 Å². The number of hydrogen-bond acceptors (Lipinski definition) is 9. The molecule has 0 radical (unpaired) electrons. The molecule has 9 heteroatoms. The number of hydrogen-bond donors (Lipinski definition) is 0. The van der Waals surface area contributed by atoms with Crippen LogP contribution in [0.15, 0.2) is 107 Å². The number of esters is 2. The fourth-order valence-corrected chi connectivity index (χ4v) is 5.06. The minimum atomic E-state index is -0.991. The van der Waals surface area contributed by atoms with Gasteiger partial charge in [0.25, 0.3) is 0 Å². The topological polar surface area (TPSA) is 120 Å². The lowest BCUT2D eigenvalue weighted by atomic mass is 9.72. The van der Waals surface area contributed by atoms with Crippen molar-refractivity contribution in [2.75, 3.05) is 13.6 Å². The van der Waals surface area contributed by atoms with Crippen LogP contribution >= 0.6 is 0 Å². The van der Waals surface area contributed by atoms with Crippen LogP contribution in [0.1, 0.15) is 58.6 Å². The van der Waals surface area contributed by atoms with Gasteiger partial charge in [0.1, 0.15) is 11.5 Å². The smallest absolute Gasteiger partial charge is 0.314 e. The Morgan fingerprint density at radius 1 is 0.667 bits per heavy atom. The number of carbonyl (C=O) groups is 2. The number of nitrogens with zero attached hydrogens (tertiary/aromatic N) is 3. The maximum Gasteiger partial charge on any atom is 0.314 e. The van der Waals surface area contributed by atoms with Crippen LogP contribution in [0.25, 0.3) is 11.1 Å². The summed E-state index contributed by atoms with van der Waals surface area (Å²) in [5, 5.41) is 17.5. The normalized spacial score (nSPS) is 12.5. The fourth-order valence-electron chi connectivity index (χ4n) is 5.06. The molecule has 4 rings (SSSR count). The lowest BCUT2D eigenvalue weighted by molar-refractivity contribution is -0.170. The van der Waals surface area contributed by atoms with Crippen molar-refractivity contribution < 1.29 is 28.5 Å². The number of carbonyl (C=O) groups excluding carboxylic acids is 2. The van der Waals surface area contributed by atoms with E-state index in [0.29, 0.717) is 29.2 Å². The Labute approximate surface area is 282 Å². The van der Waals surface area contributed by atoms with E-state index >= 15 is 0 Å². The van der Waals surface area contributed by atoms with Gasteiger partial charge in [-0.1, -0.05) is 50.2 Å². The molecule has 0 heterocycles. The second-order valence-electron chi connectivity index (χ2n) is 12.3. The molecular formula is C39H41N3O6. The zero-order valence-electron chi connectivity index (χ0n) is 28.1. The summed E-state index contributed by atoms with van der Waals surface area (Å²) in [6.45, 7) is 8.67. The minimum Gasteiger partial charge on any atom is -0.457 e. The molecule has 4 aromatic carbocycles. The molecule has 0 aliphatic carbocycles. The van der Waals surface area contributed by atoms with Crippen LogP contribution in [-0.4, -0.2) is 25.5 Å². The van der Waals surface area contributed by atoms with Gasteiger partial charge in [-0.05, 0) is 117 Å². The first-order chi connectivity index (χ1) is 23.0. The zero-order chi connectivity index (χ0) is 34.6. The average Bonchev–Trinajstić information content (AvgIpc) is 3.11. The highest BCUT2D eigenvalue weighted by Crippen LogP contribution is 2.38. The van der Waals surface area contributed by atoms with E-state index in [9.17, 15) is 9.59 Å². The van der Waals surface area contributed by atoms with Gasteiger partial charge < -0.3 is 18.9 Å². The number of aryl methyl sites for hydroxylation is 1. The van der Waals surface area contributed by atoms with Crippen molar-refractivity contribution in [2.24, 2.45) is 21.1 Å². The van der Waals surface area contributed by atoms with Crippen LogP contribution in [0.4, 0.5) is 11.4 Å². The van der Waals surface area contributed by atoms with Crippen molar-refractivity contribution >= 4 is 23.3 Å². The van der Waals surface area contributed by atoms with Gasteiger partial charge in [-0.25, -0.2) is 0 Å². The van der Waals surface area contributed by atoms with Crippen LogP contribution in [-0.2, 0) is 25.5 Å². The van der Waals surface area contributed by atoms with Crippen LogP contribution < -0.4 is 9.47 Å². The van der Waals surface area contributed by atoms with Crippen molar-refractivity contribution in [3.8, 4) is 28.7 Å². The Hall–Kier alpha value is -5.49. The number of azo groups is 1. The summed E-state index contributed by atoms with van der Waals surface area (Å²) >= 11 is 0. The molecule has 1 unspecified atom stereocenters. The van der Waals surface area contributed by atoms with Gasteiger partial charge in [0.05, 0.1) is 33.8 Å². The number of rotatable bonds is 15. The summed E-state index contributed by atoms with van der Waals surface area (Å²) < 4.78 is 22.2. The quantitative estimate of drug-likeness (QED) is 0.0716. The van der Waals surface area contributed by atoms with Crippen LogP contribution in [0.3, 0.4) is 0 Å². The van der Waals surface area contributed by atoms with Gasteiger partial charge in [-0.15, -0.1) is 0 Å². The highest BCUT2D eigenvalue weighted by molar-refractivity contribution is 5.80. The number of benzene rings is 4. The first kappa shape index (κ1) is 35.4. The number of ether oxygens (including phenoxy) is 4. The van der Waals surface area contributed by atoms with E-state index in [1.54, 1.807) is 69.3 Å². The molecule has 1 atom stereocenters. The molecular weight excluding hydrogens is 606 g/mol. The summed E-state index contributed by atoms with van der Waals surface area (Å²) in [5.41, 5.74) is 3.26. The lowest BCUT2D eigenvalue weighted by Gasteiger charge is -2.33. The first-order valence-electron chi connectivity index (χ1n) is 15.9. The molecule has 0 aliphatic heterocycles. The molecule has 48 heavy (non-hydrogen) atoms.